The van der Waals surface area contributed by atoms with E-state index in [-0.39, 0.29) is 49.0 Å². The molecule has 9 nitrogen and oxygen atoms in total. The fourth-order valence-electron chi connectivity index (χ4n) is 4.16. The summed E-state index contributed by atoms with van der Waals surface area (Å²) < 4.78 is 11.1. The summed E-state index contributed by atoms with van der Waals surface area (Å²) in [5.74, 6) is -0.133. The number of nitrogens with one attached hydrogen (secondary N) is 1. The molecule has 180 valence electrons. The Bertz CT molecular complexity index is 1210. The van der Waals surface area contributed by atoms with Crippen molar-refractivity contribution in [3.63, 3.8) is 0 Å². The van der Waals surface area contributed by atoms with E-state index in [1.165, 1.54) is 0 Å². The van der Waals surface area contributed by atoms with Gasteiger partial charge in [0.1, 0.15) is 13.2 Å². The van der Waals surface area contributed by atoms with E-state index in [0.717, 1.165) is 22.2 Å². The van der Waals surface area contributed by atoms with Gasteiger partial charge in [-0.05, 0) is 35.5 Å². The third-order valence-corrected chi connectivity index (χ3v) is 6.85. The van der Waals surface area contributed by atoms with Crippen LogP contribution in [0.2, 0.25) is 0 Å². The number of thioether (sulfide) groups is 1. The van der Waals surface area contributed by atoms with Crippen LogP contribution in [0.5, 0.6) is 11.5 Å². The first-order chi connectivity index (χ1) is 17.0. The van der Waals surface area contributed by atoms with Gasteiger partial charge in [-0.3, -0.25) is 24.1 Å². The number of amides is 4. The fraction of sp³-hybridized carbons (Fsp3) is 0.280. The molecule has 2 aromatic carbocycles. The van der Waals surface area contributed by atoms with E-state index in [1.807, 2.05) is 30.3 Å². The lowest BCUT2D eigenvalue weighted by atomic mass is 10.1. The number of hydrogen-bond donors (Lipinski definition) is 1. The van der Waals surface area contributed by atoms with Crippen molar-refractivity contribution in [1.82, 2.24) is 10.2 Å². The van der Waals surface area contributed by atoms with Crippen molar-refractivity contribution >= 4 is 46.5 Å². The molecule has 1 atom stereocenters. The smallest absolute Gasteiger partial charge is 0.293 e. The highest BCUT2D eigenvalue weighted by Crippen LogP contribution is 2.36. The van der Waals surface area contributed by atoms with Gasteiger partial charge in [0, 0.05) is 37.8 Å². The minimum absolute atomic E-state index is 0.0646. The first-order valence-electron chi connectivity index (χ1n) is 11.3. The standard InChI is InChI=1S/C25H23N3O6S/c29-22-13-17(15-28(22)18-6-7-19-20(14-18)34-11-10-33-19)23(30)26-8-9-27-24(31)21(35-25(27)32)12-16-4-2-1-3-5-16/h1-7,12,14,17H,8-11,13,15H2,(H,26,30)/b21-12+/t17-/m0/s1. The number of carbonyl (C=O) groups excluding carboxylic acids is 4. The molecule has 0 aromatic heterocycles. The Morgan fingerprint density at radius 1 is 1.06 bits per heavy atom. The maximum Gasteiger partial charge on any atom is 0.293 e. The largest absolute Gasteiger partial charge is 0.486 e. The van der Waals surface area contributed by atoms with Crippen molar-refractivity contribution in [3.8, 4) is 11.5 Å². The van der Waals surface area contributed by atoms with Gasteiger partial charge in [-0.25, -0.2) is 0 Å². The van der Waals surface area contributed by atoms with Crippen molar-refractivity contribution in [1.29, 1.82) is 0 Å². The number of anilines is 1. The van der Waals surface area contributed by atoms with Gasteiger partial charge in [-0.2, -0.15) is 0 Å². The fourth-order valence-corrected chi connectivity index (χ4v) is 5.03. The Kier molecular flexibility index (Phi) is 6.45. The topological polar surface area (TPSA) is 105 Å². The molecule has 0 aliphatic carbocycles. The summed E-state index contributed by atoms with van der Waals surface area (Å²) in [6.45, 7) is 1.35. The van der Waals surface area contributed by atoms with Crippen LogP contribution in [0.3, 0.4) is 0 Å². The number of fused-ring (bicyclic) bond motifs is 1. The van der Waals surface area contributed by atoms with E-state index in [9.17, 15) is 19.2 Å². The molecule has 3 aliphatic rings. The van der Waals surface area contributed by atoms with Gasteiger partial charge in [-0.15, -0.1) is 0 Å². The van der Waals surface area contributed by atoms with E-state index in [4.69, 9.17) is 9.47 Å². The van der Waals surface area contributed by atoms with E-state index >= 15 is 0 Å². The molecule has 0 radical (unpaired) electrons. The summed E-state index contributed by atoms with van der Waals surface area (Å²) in [5, 5.41) is 2.39. The number of rotatable bonds is 6. The molecule has 2 aromatic rings. The van der Waals surface area contributed by atoms with Crippen LogP contribution in [-0.2, 0) is 14.4 Å². The molecule has 3 heterocycles. The first kappa shape index (κ1) is 23.0. The van der Waals surface area contributed by atoms with Crippen LogP contribution < -0.4 is 19.7 Å². The second-order valence-electron chi connectivity index (χ2n) is 8.27. The van der Waals surface area contributed by atoms with E-state index in [0.29, 0.717) is 35.3 Å². The monoisotopic (exact) mass is 493 g/mol. The van der Waals surface area contributed by atoms with Gasteiger partial charge < -0.3 is 19.7 Å². The predicted molar refractivity (Wildman–Crippen MR) is 130 cm³/mol. The lowest BCUT2D eigenvalue weighted by molar-refractivity contribution is -0.127. The molecular weight excluding hydrogens is 470 g/mol. The van der Waals surface area contributed by atoms with E-state index < -0.39 is 5.92 Å². The average Bonchev–Trinajstić information content (AvgIpc) is 3.39. The molecule has 0 unspecified atom stereocenters. The maximum absolute atomic E-state index is 12.7. The van der Waals surface area contributed by atoms with Gasteiger partial charge in [0.15, 0.2) is 11.5 Å². The number of nitrogens with zero attached hydrogens (tertiary/aromatic N) is 2. The molecule has 5 rings (SSSR count). The van der Waals surface area contributed by atoms with Crippen LogP contribution in [0.25, 0.3) is 6.08 Å². The molecule has 0 saturated carbocycles. The van der Waals surface area contributed by atoms with Gasteiger partial charge in [-0.1, -0.05) is 30.3 Å². The molecule has 0 spiro atoms. The van der Waals surface area contributed by atoms with Crippen LogP contribution in [-0.4, -0.2) is 60.7 Å². The van der Waals surface area contributed by atoms with Gasteiger partial charge >= 0.3 is 0 Å². The van der Waals surface area contributed by atoms with Crippen LogP contribution in [0.1, 0.15) is 12.0 Å². The summed E-state index contributed by atoms with van der Waals surface area (Å²) >= 11 is 0.884. The number of ether oxygens (including phenoxy) is 2. The summed E-state index contributed by atoms with van der Waals surface area (Å²) in [4.78, 5) is 53.3. The average molecular weight is 494 g/mol. The molecule has 10 heteroatoms. The predicted octanol–water partition coefficient (Wildman–Crippen LogP) is 2.66. The molecule has 2 saturated heterocycles. The van der Waals surface area contributed by atoms with Crippen LogP contribution >= 0.6 is 11.8 Å². The van der Waals surface area contributed by atoms with Crippen molar-refractivity contribution in [2.75, 3.05) is 37.7 Å². The summed E-state index contributed by atoms with van der Waals surface area (Å²) in [6, 6.07) is 14.6. The van der Waals surface area contributed by atoms with Gasteiger partial charge in [0.05, 0.1) is 10.8 Å². The third kappa shape index (κ3) is 4.88. The Hall–Kier alpha value is -3.79. The third-order valence-electron chi connectivity index (χ3n) is 5.94. The van der Waals surface area contributed by atoms with Crippen LogP contribution in [0, 0.1) is 5.92 Å². The lowest BCUT2D eigenvalue weighted by Gasteiger charge is -2.22. The van der Waals surface area contributed by atoms with Crippen LogP contribution in [0.4, 0.5) is 10.5 Å². The second kappa shape index (κ2) is 9.83. The van der Waals surface area contributed by atoms with E-state index in [1.54, 1.807) is 29.2 Å². The summed E-state index contributed by atoms with van der Waals surface area (Å²) in [5.41, 5.74) is 1.48. The molecular formula is C25H23N3O6S. The van der Waals surface area contributed by atoms with Crippen LogP contribution in [0.15, 0.2) is 53.4 Å². The first-order valence-corrected chi connectivity index (χ1v) is 12.1. The number of hydrogen-bond acceptors (Lipinski definition) is 7. The summed E-state index contributed by atoms with van der Waals surface area (Å²) in [6.07, 6.45) is 1.77. The van der Waals surface area contributed by atoms with Gasteiger partial charge in [0.2, 0.25) is 11.8 Å². The number of benzene rings is 2. The zero-order valence-corrected chi connectivity index (χ0v) is 19.6. The van der Waals surface area contributed by atoms with Crippen molar-refractivity contribution in [3.05, 3.63) is 59.0 Å². The molecule has 35 heavy (non-hydrogen) atoms. The lowest BCUT2D eigenvalue weighted by Crippen LogP contribution is -2.40. The highest BCUT2D eigenvalue weighted by molar-refractivity contribution is 8.18. The van der Waals surface area contributed by atoms with E-state index in [2.05, 4.69) is 5.32 Å². The van der Waals surface area contributed by atoms with Gasteiger partial charge in [0.25, 0.3) is 11.1 Å². The zero-order valence-electron chi connectivity index (χ0n) is 18.8. The minimum Gasteiger partial charge on any atom is -0.486 e. The van der Waals surface area contributed by atoms with Crippen molar-refractivity contribution in [2.45, 2.75) is 6.42 Å². The highest BCUT2D eigenvalue weighted by Gasteiger charge is 2.37. The Balaban J connectivity index is 1.15. The Labute approximate surface area is 206 Å². The zero-order chi connectivity index (χ0) is 24.4. The molecule has 3 aliphatic heterocycles. The summed E-state index contributed by atoms with van der Waals surface area (Å²) in [7, 11) is 0. The minimum atomic E-state index is -0.524. The Morgan fingerprint density at radius 3 is 2.63 bits per heavy atom. The molecule has 2 fully saturated rings. The molecule has 0 bridgehead atoms. The number of imide groups is 1. The Morgan fingerprint density at radius 2 is 1.83 bits per heavy atom. The quantitative estimate of drug-likeness (QED) is 0.617. The molecule has 4 amide bonds. The van der Waals surface area contributed by atoms with Crippen molar-refractivity contribution < 1.29 is 28.7 Å². The molecule has 1 N–H and O–H groups in total. The van der Waals surface area contributed by atoms with Crippen molar-refractivity contribution in [2.24, 2.45) is 5.92 Å². The highest BCUT2D eigenvalue weighted by atomic mass is 32.2. The normalized spacial score (nSPS) is 20.6. The maximum atomic E-state index is 12.7. The SMILES string of the molecule is O=C(NCCN1C(=O)S/C(=C/c2ccccc2)C1=O)[C@H]1CC(=O)N(c2ccc3c(c2)OCCO3)C1. The second-order valence-corrected chi connectivity index (χ2v) is 9.26. The number of carbonyl (C=O) groups is 4.